The number of ether oxygens (including phenoxy) is 3. The Morgan fingerprint density at radius 1 is 1.36 bits per heavy atom. The van der Waals surface area contributed by atoms with E-state index in [0.29, 0.717) is 20.0 Å². The summed E-state index contributed by atoms with van der Waals surface area (Å²) in [5, 5.41) is 3.21. The average molecular weight is 204 g/mol. The Bertz CT molecular complexity index is 146. The molecule has 3 N–H and O–H groups in total. The molecule has 1 aliphatic heterocycles. The number of nitrogens with two attached hydrogens (primary N) is 1. The number of rotatable bonds is 6. The van der Waals surface area contributed by atoms with Gasteiger partial charge < -0.3 is 25.3 Å². The lowest BCUT2D eigenvalue weighted by molar-refractivity contribution is -0.103. The van der Waals surface area contributed by atoms with Crippen molar-refractivity contribution in [3.05, 3.63) is 0 Å². The maximum atomic E-state index is 5.77. The van der Waals surface area contributed by atoms with Gasteiger partial charge in [0.15, 0.2) is 0 Å². The van der Waals surface area contributed by atoms with Crippen molar-refractivity contribution in [1.82, 2.24) is 5.32 Å². The molecule has 0 saturated carbocycles. The number of methoxy groups -OCH3 is 1. The molecule has 2 atom stereocenters. The van der Waals surface area contributed by atoms with Crippen LogP contribution in [-0.2, 0) is 14.2 Å². The third-order valence-electron chi connectivity index (χ3n) is 2.16. The second-order valence-corrected chi connectivity index (χ2v) is 3.46. The fourth-order valence-electron chi connectivity index (χ4n) is 1.41. The summed E-state index contributed by atoms with van der Waals surface area (Å²) < 4.78 is 15.5. The Hall–Kier alpha value is -0.200. The van der Waals surface area contributed by atoms with Gasteiger partial charge in [0.25, 0.3) is 0 Å². The van der Waals surface area contributed by atoms with Crippen molar-refractivity contribution in [3.63, 3.8) is 0 Å². The van der Waals surface area contributed by atoms with Crippen molar-refractivity contribution in [1.29, 1.82) is 0 Å². The molecule has 1 aliphatic rings. The monoisotopic (exact) mass is 204 g/mol. The number of hydrogen-bond donors (Lipinski definition) is 2. The van der Waals surface area contributed by atoms with Crippen LogP contribution in [0, 0.1) is 0 Å². The molecule has 1 fully saturated rings. The van der Waals surface area contributed by atoms with E-state index in [1.165, 1.54) is 0 Å². The van der Waals surface area contributed by atoms with Crippen LogP contribution >= 0.6 is 0 Å². The second kappa shape index (κ2) is 7.14. The van der Waals surface area contributed by atoms with E-state index < -0.39 is 0 Å². The normalized spacial score (nSPS) is 27.9. The molecule has 1 heterocycles. The largest absolute Gasteiger partial charge is 0.382 e. The smallest absolute Gasteiger partial charge is 0.147 e. The summed E-state index contributed by atoms with van der Waals surface area (Å²) in [4.78, 5) is 0. The summed E-state index contributed by atoms with van der Waals surface area (Å²) >= 11 is 0. The summed E-state index contributed by atoms with van der Waals surface area (Å²) in [6.07, 6.45) is 1.09. The molecule has 1 rings (SSSR count). The van der Waals surface area contributed by atoms with Crippen LogP contribution in [0.5, 0.6) is 0 Å². The maximum Gasteiger partial charge on any atom is 0.147 e. The minimum atomic E-state index is 0.182. The van der Waals surface area contributed by atoms with Gasteiger partial charge in [-0.3, -0.25) is 0 Å². The Labute approximate surface area is 84.9 Å². The molecular formula is C9H20N2O3. The van der Waals surface area contributed by atoms with Gasteiger partial charge in [-0.1, -0.05) is 0 Å². The highest BCUT2D eigenvalue weighted by atomic mass is 16.7. The lowest BCUT2D eigenvalue weighted by Crippen LogP contribution is -2.47. The van der Waals surface area contributed by atoms with Crippen molar-refractivity contribution in [3.8, 4) is 0 Å². The average Bonchev–Trinajstić information content (AvgIpc) is 2.18. The maximum absolute atomic E-state index is 5.77. The van der Waals surface area contributed by atoms with Crippen LogP contribution in [-0.4, -0.2) is 52.4 Å². The van der Waals surface area contributed by atoms with Gasteiger partial charge in [0.05, 0.1) is 19.3 Å². The molecule has 0 amide bonds. The lowest BCUT2D eigenvalue weighted by Gasteiger charge is -2.27. The molecule has 0 radical (unpaired) electrons. The highest BCUT2D eigenvalue weighted by molar-refractivity contribution is 4.78. The van der Waals surface area contributed by atoms with E-state index in [2.05, 4.69) is 5.32 Å². The fraction of sp³-hybridized carbons (Fsp3) is 1.00. The van der Waals surface area contributed by atoms with Crippen molar-refractivity contribution < 1.29 is 14.2 Å². The number of hydrogen-bond acceptors (Lipinski definition) is 5. The van der Waals surface area contributed by atoms with Crippen molar-refractivity contribution in [2.24, 2.45) is 5.73 Å². The quantitative estimate of drug-likeness (QED) is 0.443. The summed E-state index contributed by atoms with van der Waals surface area (Å²) in [6, 6.07) is 0.202. The first kappa shape index (κ1) is 11.9. The van der Waals surface area contributed by atoms with Crippen LogP contribution in [0.4, 0.5) is 0 Å². The molecule has 5 nitrogen and oxygen atoms in total. The van der Waals surface area contributed by atoms with Crippen LogP contribution in [0.25, 0.3) is 0 Å². The molecule has 1 saturated heterocycles. The van der Waals surface area contributed by atoms with Crippen LogP contribution in [0.1, 0.15) is 6.42 Å². The molecule has 5 heteroatoms. The first-order valence-corrected chi connectivity index (χ1v) is 4.97. The van der Waals surface area contributed by atoms with Crippen LogP contribution in [0.2, 0.25) is 0 Å². The van der Waals surface area contributed by atoms with Gasteiger partial charge in [0.1, 0.15) is 6.79 Å². The minimum Gasteiger partial charge on any atom is -0.382 e. The van der Waals surface area contributed by atoms with Gasteiger partial charge in [-0.25, -0.2) is 0 Å². The van der Waals surface area contributed by atoms with Gasteiger partial charge in [-0.15, -0.1) is 0 Å². The molecule has 0 spiro atoms. The summed E-state index contributed by atoms with van der Waals surface area (Å²) in [5.41, 5.74) is 5.77. The first-order chi connectivity index (χ1) is 6.83. The Morgan fingerprint density at radius 3 is 2.93 bits per heavy atom. The highest BCUT2D eigenvalue weighted by Crippen LogP contribution is 2.04. The molecule has 84 valence electrons. The summed E-state index contributed by atoms with van der Waals surface area (Å²) in [7, 11) is 1.65. The predicted octanol–water partition coefficient (Wildman–Crippen LogP) is -0.687. The third kappa shape index (κ3) is 4.88. The second-order valence-electron chi connectivity index (χ2n) is 3.46. The molecule has 0 aromatic carbocycles. The Kier molecular flexibility index (Phi) is 6.05. The van der Waals surface area contributed by atoms with Crippen LogP contribution in [0.3, 0.4) is 0 Å². The molecule has 0 aromatic heterocycles. The molecule has 0 bridgehead atoms. The topological polar surface area (TPSA) is 65.7 Å². The van der Waals surface area contributed by atoms with Crippen LogP contribution in [0.15, 0.2) is 0 Å². The van der Waals surface area contributed by atoms with Gasteiger partial charge in [-0.05, 0) is 6.42 Å². The van der Waals surface area contributed by atoms with Crippen molar-refractivity contribution in [2.45, 2.75) is 18.6 Å². The van der Waals surface area contributed by atoms with Gasteiger partial charge in [0, 0.05) is 26.2 Å². The Morgan fingerprint density at radius 2 is 2.21 bits per heavy atom. The lowest BCUT2D eigenvalue weighted by atomic mass is 10.1. The van der Waals surface area contributed by atoms with Crippen LogP contribution < -0.4 is 11.1 Å². The molecule has 0 unspecified atom stereocenters. The summed E-state index contributed by atoms with van der Waals surface area (Å²) in [5.74, 6) is 0. The van der Waals surface area contributed by atoms with E-state index >= 15 is 0 Å². The molecular weight excluding hydrogens is 184 g/mol. The number of piperidine rings is 1. The zero-order chi connectivity index (χ0) is 10.2. The zero-order valence-electron chi connectivity index (χ0n) is 8.70. The van der Waals surface area contributed by atoms with E-state index in [0.717, 1.165) is 19.5 Å². The molecule has 0 aromatic rings. The fourth-order valence-corrected chi connectivity index (χ4v) is 1.41. The first-order valence-electron chi connectivity index (χ1n) is 4.97. The van der Waals surface area contributed by atoms with E-state index in [4.69, 9.17) is 19.9 Å². The standard InChI is InChI=1S/C9H20N2O3/c1-12-2-3-13-7-14-9-4-8(10)5-11-6-9/h8-9,11H,2-7,10H2,1H3/t8-,9+/m1/s1. The third-order valence-corrected chi connectivity index (χ3v) is 2.16. The van der Waals surface area contributed by atoms with Gasteiger partial charge in [0.2, 0.25) is 0 Å². The van der Waals surface area contributed by atoms with Crippen molar-refractivity contribution >= 4 is 0 Å². The van der Waals surface area contributed by atoms with Gasteiger partial charge in [-0.2, -0.15) is 0 Å². The predicted molar refractivity (Wildman–Crippen MR) is 53.0 cm³/mol. The minimum absolute atomic E-state index is 0.182. The Balaban J connectivity index is 1.95. The molecule has 14 heavy (non-hydrogen) atoms. The van der Waals surface area contributed by atoms with Crippen molar-refractivity contribution in [2.75, 3.05) is 40.2 Å². The van der Waals surface area contributed by atoms with Gasteiger partial charge >= 0.3 is 0 Å². The van der Waals surface area contributed by atoms with E-state index in [9.17, 15) is 0 Å². The number of nitrogens with one attached hydrogen (secondary N) is 1. The van der Waals surface area contributed by atoms with E-state index in [1.807, 2.05) is 0 Å². The van der Waals surface area contributed by atoms with E-state index in [1.54, 1.807) is 7.11 Å². The highest BCUT2D eigenvalue weighted by Gasteiger charge is 2.18. The molecule has 0 aliphatic carbocycles. The zero-order valence-corrected chi connectivity index (χ0v) is 8.70. The van der Waals surface area contributed by atoms with E-state index in [-0.39, 0.29) is 12.1 Å². The summed E-state index contributed by atoms with van der Waals surface area (Å²) in [6.45, 7) is 3.24. The SMILES string of the molecule is COCCOCO[C@@H]1CNC[C@H](N)C1.